The van der Waals surface area contributed by atoms with Crippen LogP contribution in [0.1, 0.15) is 0 Å². The lowest BCUT2D eigenvalue weighted by Gasteiger charge is -2.11. The molecule has 0 aliphatic heterocycles. The van der Waals surface area contributed by atoms with Crippen LogP contribution in [-0.2, 0) is 0 Å². The quantitative estimate of drug-likeness (QED) is 0.327. The summed E-state index contributed by atoms with van der Waals surface area (Å²) >= 11 is 12.4. The maximum Gasteiger partial charge on any atom is 0.146 e. The van der Waals surface area contributed by atoms with Gasteiger partial charge in [0.05, 0.1) is 16.9 Å². The van der Waals surface area contributed by atoms with Crippen LogP contribution in [0.4, 0.5) is 4.39 Å². The zero-order valence-corrected chi connectivity index (χ0v) is 15.9. The molecule has 3 heterocycles. The molecule has 0 radical (unpaired) electrons. The number of benzene rings is 2. The first-order valence-corrected chi connectivity index (χ1v) is 9.34. The number of aromatic nitrogens is 3. The Morgan fingerprint density at radius 1 is 0.821 bits per heavy atom. The summed E-state index contributed by atoms with van der Waals surface area (Å²) in [6.07, 6.45) is 3.55. The first-order chi connectivity index (χ1) is 13.6. The van der Waals surface area contributed by atoms with Gasteiger partial charge in [0, 0.05) is 33.3 Å². The van der Waals surface area contributed by atoms with Crippen LogP contribution in [0.25, 0.3) is 39.1 Å². The van der Waals surface area contributed by atoms with Gasteiger partial charge in [0.1, 0.15) is 17.1 Å². The fourth-order valence-corrected chi connectivity index (χ4v) is 3.81. The van der Waals surface area contributed by atoms with Crippen molar-refractivity contribution < 1.29 is 4.39 Å². The van der Waals surface area contributed by atoms with Crippen molar-refractivity contribution in [2.45, 2.75) is 0 Å². The average Bonchev–Trinajstić information content (AvgIpc) is 3.14. The minimum atomic E-state index is -0.377. The van der Waals surface area contributed by atoms with E-state index in [0.29, 0.717) is 21.3 Å². The molecule has 0 aliphatic rings. The standard InChI is InChI=1S/C22H12Cl2FN3/c23-15-5-3-13(4-6-15)20-12-27-22-18(17-8-7-16(25)11-19(17)24)10-14-2-1-9-26-21(14)28(20)22/h1-12H. The maximum absolute atomic E-state index is 13.6. The first-order valence-electron chi connectivity index (χ1n) is 8.58. The van der Waals surface area contributed by atoms with Gasteiger partial charge in [-0.1, -0.05) is 35.3 Å². The van der Waals surface area contributed by atoms with Crippen molar-refractivity contribution in [1.82, 2.24) is 14.4 Å². The third-order valence-corrected chi connectivity index (χ3v) is 5.26. The van der Waals surface area contributed by atoms with Crippen molar-refractivity contribution >= 4 is 39.9 Å². The van der Waals surface area contributed by atoms with Crippen LogP contribution in [-0.4, -0.2) is 14.4 Å². The number of rotatable bonds is 2. The van der Waals surface area contributed by atoms with E-state index < -0.39 is 0 Å². The van der Waals surface area contributed by atoms with E-state index in [1.807, 2.05) is 46.9 Å². The van der Waals surface area contributed by atoms with Crippen LogP contribution in [0.2, 0.25) is 10.0 Å². The molecule has 0 atom stereocenters. The summed E-state index contributed by atoms with van der Waals surface area (Å²) in [6, 6.07) is 17.8. The highest BCUT2D eigenvalue weighted by Crippen LogP contribution is 2.36. The molecular formula is C22H12Cl2FN3. The van der Waals surface area contributed by atoms with E-state index in [-0.39, 0.29) is 5.82 Å². The molecule has 0 aliphatic carbocycles. The lowest BCUT2D eigenvalue weighted by Crippen LogP contribution is -1.97. The largest absolute Gasteiger partial charge is 0.276 e. The highest BCUT2D eigenvalue weighted by molar-refractivity contribution is 6.33. The van der Waals surface area contributed by atoms with E-state index in [4.69, 9.17) is 23.2 Å². The van der Waals surface area contributed by atoms with Gasteiger partial charge < -0.3 is 0 Å². The van der Waals surface area contributed by atoms with Gasteiger partial charge >= 0.3 is 0 Å². The van der Waals surface area contributed by atoms with Crippen molar-refractivity contribution in [3.05, 3.63) is 88.9 Å². The van der Waals surface area contributed by atoms with E-state index in [2.05, 4.69) is 9.97 Å². The van der Waals surface area contributed by atoms with Crippen LogP contribution in [0.5, 0.6) is 0 Å². The Bertz CT molecular complexity index is 1340. The van der Waals surface area contributed by atoms with Gasteiger partial charge in [-0.25, -0.2) is 14.4 Å². The SMILES string of the molecule is Fc1ccc(-c2cc3cccnc3n3c(-c4ccc(Cl)cc4)cnc23)c(Cl)c1. The average molecular weight is 408 g/mol. The minimum Gasteiger partial charge on any atom is -0.276 e. The molecule has 0 spiro atoms. The number of fused-ring (bicyclic) bond motifs is 3. The van der Waals surface area contributed by atoms with Gasteiger partial charge in [-0.2, -0.15) is 0 Å². The molecule has 0 N–H and O–H groups in total. The van der Waals surface area contributed by atoms with Crippen molar-refractivity contribution in [2.24, 2.45) is 0 Å². The smallest absolute Gasteiger partial charge is 0.146 e. The lowest BCUT2D eigenvalue weighted by molar-refractivity contribution is 0.628. The zero-order chi connectivity index (χ0) is 19.3. The van der Waals surface area contributed by atoms with Gasteiger partial charge in [-0.05, 0) is 48.5 Å². The molecule has 5 aromatic rings. The molecule has 3 aromatic heterocycles. The Morgan fingerprint density at radius 2 is 1.64 bits per heavy atom. The molecule has 0 amide bonds. The lowest BCUT2D eigenvalue weighted by atomic mass is 10.0. The molecule has 136 valence electrons. The molecule has 0 fully saturated rings. The molecule has 5 rings (SSSR count). The van der Waals surface area contributed by atoms with E-state index >= 15 is 0 Å². The van der Waals surface area contributed by atoms with Crippen LogP contribution < -0.4 is 0 Å². The second-order valence-electron chi connectivity index (χ2n) is 6.41. The van der Waals surface area contributed by atoms with Crippen molar-refractivity contribution in [3.63, 3.8) is 0 Å². The number of pyridine rings is 2. The summed E-state index contributed by atoms with van der Waals surface area (Å²) in [5, 5.41) is 1.93. The summed E-state index contributed by atoms with van der Waals surface area (Å²) < 4.78 is 15.6. The normalized spacial score (nSPS) is 11.4. The Labute approximate surface area is 170 Å². The van der Waals surface area contributed by atoms with Gasteiger partial charge in [0.2, 0.25) is 0 Å². The monoisotopic (exact) mass is 407 g/mol. The Kier molecular flexibility index (Phi) is 4.04. The summed E-state index contributed by atoms with van der Waals surface area (Å²) in [5.74, 6) is -0.377. The van der Waals surface area contributed by atoms with E-state index in [0.717, 1.165) is 27.9 Å². The molecule has 3 nitrogen and oxygen atoms in total. The van der Waals surface area contributed by atoms with Gasteiger partial charge in [0.15, 0.2) is 0 Å². The van der Waals surface area contributed by atoms with E-state index in [1.54, 1.807) is 18.5 Å². The number of hydrogen-bond donors (Lipinski definition) is 0. The van der Waals surface area contributed by atoms with Gasteiger partial charge in [-0.15, -0.1) is 0 Å². The van der Waals surface area contributed by atoms with E-state index in [1.165, 1.54) is 12.1 Å². The Hall–Kier alpha value is -2.95. The first kappa shape index (κ1) is 17.2. The summed E-state index contributed by atoms with van der Waals surface area (Å²) in [5.41, 5.74) is 4.85. The summed E-state index contributed by atoms with van der Waals surface area (Å²) in [4.78, 5) is 9.21. The molecule has 2 aromatic carbocycles. The maximum atomic E-state index is 13.6. The molecule has 0 unspecified atom stereocenters. The molecule has 28 heavy (non-hydrogen) atoms. The van der Waals surface area contributed by atoms with Crippen LogP contribution in [0, 0.1) is 5.82 Å². The van der Waals surface area contributed by atoms with Crippen molar-refractivity contribution in [1.29, 1.82) is 0 Å². The predicted molar refractivity (Wildman–Crippen MR) is 111 cm³/mol. The second kappa shape index (κ2) is 6.59. The van der Waals surface area contributed by atoms with Crippen molar-refractivity contribution in [3.8, 4) is 22.4 Å². The van der Waals surface area contributed by atoms with Gasteiger partial charge in [0.25, 0.3) is 0 Å². The number of halogens is 3. The van der Waals surface area contributed by atoms with Crippen LogP contribution in [0.15, 0.2) is 73.1 Å². The number of nitrogens with zero attached hydrogens (tertiary/aromatic N) is 3. The minimum absolute atomic E-state index is 0.334. The van der Waals surface area contributed by atoms with E-state index in [9.17, 15) is 4.39 Å². The fourth-order valence-electron chi connectivity index (χ4n) is 3.42. The zero-order valence-electron chi connectivity index (χ0n) is 14.4. The predicted octanol–water partition coefficient (Wildman–Crippen LogP) is 6.66. The second-order valence-corrected chi connectivity index (χ2v) is 7.25. The highest BCUT2D eigenvalue weighted by atomic mass is 35.5. The molecule has 0 saturated heterocycles. The fraction of sp³-hybridized carbons (Fsp3) is 0. The molecule has 6 heteroatoms. The topological polar surface area (TPSA) is 30.2 Å². The van der Waals surface area contributed by atoms with Crippen LogP contribution >= 0.6 is 23.2 Å². The third kappa shape index (κ3) is 2.73. The van der Waals surface area contributed by atoms with Crippen molar-refractivity contribution in [2.75, 3.05) is 0 Å². The number of imidazole rings is 1. The van der Waals surface area contributed by atoms with Gasteiger partial charge in [-0.3, -0.25) is 4.40 Å². The molecule has 0 saturated carbocycles. The molecule has 0 bridgehead atoms. The third-order valence-electron chi connectivity index (χ3n) is 4.69. The Balaban J connectivity index is 1.89. The van der Waals surface area contributed by atoms with Crippen LogP contribution in [0.3, 0.4) is 0 Å². The number of hydrogen-bond acceptors (Lipinski definition) is 2. The molecular weight excluding hydrogens is 396 g/mol. The summed E-state index contributed by atoms with van der Waals surface area (Å²) in [6.45, 7) is 0. The summed E-state index contributed by atoms with van der Waals surface area (Å²) in [7, 11) is 0. The highest BCUT2D eigenvalue weighted by Gasteiger charge is 2.17. The Morgan fingerprint density at radius 3 is 2.43 bits per heavy atom.